The summed E-state index contributed by atoms with van der Waals surface area (Å²) in [4.78, 5) is 13.3. The van der Waals surface area contributed by atoms with Gasteiger partial charge in [0.2, 0.25) is 5.91 Å². The maximum absolute atomic E-state index is 13.3. The minimum absolute atomic E-state index is 0.0330. The molecule has 2 saturated heterocycles. The van der Waals surface area contributed by atoms with Crippen molar-refractivity contribution in [3.8, 4) is 0 Å². The Morgan fingerprint density at radius 1 is 0.891 bits per heavy atom. The molecular formula is C44H66N2O9. The fourth-order valence-electron chi connectivity index (χ4n) is 6.25. The number of aliphatic hydroxyl groups excluding tert-OH is 3. The molecule has 0 radical (unpaired) electrons. The van der Waals surface area contributed by atoms with Crippen molar-refractivity contribution in [1.82, 2.24) is 5.32 Å². The smallest absolute Gasteiger partial charge is 0.247 e. The Bertz CT molecular complexity index is 1520. The third kappa shape index (κ3) is 15.0. The first-order valence-electron chi connectivity index (χ1n) is 19.5. The molecule has 12 atom stereocenters. The Kier molecular flexibility index (Phi) is 18.9. The molecule has 0 aromatic heterocycles. The van der Waals surface area contributed by atoms with Crippen molar-refractivity contribution >= 4 is 5.91 Å². The van der Waals surface area contributed by atoms with E-state index >= 15 is 0 Å². The van der Waals surface area contributed by atoms with E-state index in [4.69, 9.17) is 24.7 Å². The number of rotatable bonds is 7. The van der Waals surface area contributed by atoms with E-state index in [0.717, 1.165) is 28.7 Å². The van der Waals surface area contributed by atoms with Gasteiger partial charge < -0.3 is 50.4 Å². The predicted octanol–water partition coefficient (Wildman–Crippen LogP) is 4.81. The molecule has 3 aliphatic heterocycles. The van der Waals surface area contributed by atoms with Gasteiger partial charge in [0.25, 0.3) is 0 Å². The third-order valence-electron chi connectivity index (χ3n) is 10.0. The highest BCUT2D eigenvalue weighted by atomic mass is 16.7. The van der Waals surface area contributed by atoms with Gasteiger partial charge in [0.1, 0.15) is 42.2 Å². The molecule has 55 heavy (non-hydrogen) atoms. The van der Waals surface area contributed by atoms with Crippen LogP contribution in [0.4, 0.5) is 0 Å². The normalized spacial score (nSPS) is 35.5. The van der Waals surface area contributed by atoms with Crippen molar-refractivity contribution in [2.45, 2.75) is 129 Å². The highest BCUT2D eigenvalue weighted by molar-refractivity contribution is 5.93. The van der Waals surface area contributed by atoms with Gasteiger partial charge in [-0.1, -0.05) is 129 Å². The van der Waals surface area contributed by atoms with E-state index in [2.05, 4.69) is 32.2 Å². The summed E-state index contributed by atoms with van der Waals surface area (Å²) in [6.07, 6.45) is 19.8. The fourth-order valence-corrected chi connectivity index (χ4v) is 6.25. The molecule has 11 nitrogen and oxygen atoms in total. The molecule has 11 heteroatoms. The second-order valence-electron chi connectivity index (χ2n) is 15.4. The molecule has 0 aromatic carbocycles. The van der Waals surface area contributed by atoms with Gasteiger partial charge >= 0.3 is 0 Å². The van der Waals surface area contributed by atoms with Crippen LogP contribution in [-0.2, 0) is 23.7 Å². The summed E-state index contributed by atoms with van der Waals surface area (Å²) in [5.74, 6) is 0.438. The largest absolute Gasteiger partial charge is 0.388 e. The van der Waals surface area contributed by atoms with Crippen LogP contribution in [0.1, 0.15) is 68.2 Å². The highest BCUT2D eigenvalue weighted by Gasteiger charge is 2.45. The van der Waals surface area contributed by atoms with Crippen LogP contribution in [-0.4, -0.2) is 107 Å². The SMILES string of the molecule is CCC(C)CC1=CC(C)=CC=CC=CC(C)(O)C(OC2OCC(OC3COC(C)C(O)C3O)C(O)C2N)C=CC=CC(C)=CC=CC(C)=CC(C)CNC1=O. The lowest BCUT2D eigenvalue weighted by Gasteiger charge is -2.43. The lowest BCUT2D eigenvalue weighted by Crippen LogP contribution is -2.62. The number of hydrogen-bond donors (Lipinski definition) is 6. The lowest BCUT2D eigenvalue weighted by molar-refractivity contribution is -0.279. The Morgan fingerprint density at radius 3 is 2.29 bits per heavy atom. The van der Waals surface area contributed by atoms with Crippen LogP contribution >= 0.6 is 0 Å². The van der Waals surface area contributed by atoms with Gasteiger partial charge in [-0.15, -0.1) is 0 Å². The number of ether oxygens (including phenoxy) is 4. The highest BCUT2D eigenvalue weighted by Crippen LogP contribution is 2.27. The van der Waals surface area contributed by atoms with E-state index in [1.807, 2.05) is 69.4 Å². The molecule has 1 amide bonds. The molecule has 2 fully saturated rings. The van der Waals surface area contributed by atoms with E-state index < -0.39 is 60.7 Å². The molecule has 0 saturated carbocycles. The van der Waals surface area contributed by atoms with Crippen molar-refractivity contribution in [3.05, 3.63) is 107 Å². The summed E-state index contributed by atoms with van der Waals surface area (Å²) in [5, 5.41) is 46.6. The Labute approximate surface area is 328 Å². The molecule has 0 spiro atoms. The van der Waals surface area contributed by atoms with Gasteiger partial charge in [0, 0.05) is 12.1 Å². The van der Waals surface area contributed by atoms with Crippen LogP contribution in [0, 0.1) is 11.8 Å². The fraction of sp³-hybridized carbons (Fsp3) is 0.568. The number of amides is 1. The first kappa shape index (κ1) is 46.2. The molecule has 0 bridgehead atoms. The van der Waals surface area contributed by atoms with Crippen LogP contribution in [0.2, 0.25) is 0 Å². The second kappa shape index (κ2) is 22.5. The van der Waals surface area contributed by atoms with Crippen molar-refractivity contribution in [3.63, 3.8) is 0 Å². The summed E-state index contributed by atoms with van der Waals surface area (Å²) in [7, 11) is 0. The van der Waals surface area contributed by atoms with Crippen molar-refractivity contribution in [2.24, 2.45) is 17.6 Å². The van der Waals surface area contributed by atoms with Crippen LogP contribution < -0.4 is 11.1 Å². The van der Waals surface area contributed by atoms with Crippen molar-refractivity contribution in [2.75, 3.05) is 19.8 Å². The molecule has 0 aromatic rings. The lowest BCUT2D eigenvalue weighted by atomic mass is 9.96. The average molecular weight is 767 g/mol. The summed E-state index contributed by atoms with van der Waals surface area (Å²) < 4.78 is 23.6. The van der Waals surface area contributed by atoms with Gasteiger partial charge in [-0.2, -0.15) is 0 Å². The van der Waals surface area contributed by atoms with Crippen LogP contribution in [0.5, 0.6) is 0 Å². The summed E-state index contributed by atoms with van der Waals surface area (Å²) in [5.41, 5.74) is 8.59. The van der Waals surface area contributed by atoms with E-state index in [9.17, 15) is 25.2 Å². The van der Waals surface area contributed by atoms with Crippen LogP contribution in [0.3, 0.4) is 0 Å². The summed E-state index contributed by atoms with van der Waals surface area (Å²) in [6, 6.07) is -1.07. The zero-order valence-corrected chi connectivity index (χ0v) is 33.9. The first-order valence-corrected chi connectivity index (χ1v) is 19.5. The number of nitrogens with one attached hydrogen (secondary N) is 1. The topological polar surface area (TPSA) is 173 Å². The Morgan fingerprint density at radius 2 is 1.56 bits per heavy atom. The van der Waals surface area contributed by atoms with Crippen molar-refractivity contribution < 1.29 is 44.2 Å². The maximum atomic E-state index is 13.3. The quantitative estimate of drug-likeness (QED) is 0.211. The minimum atomic E-state index is -1.55. The van der Waals surface area contributed by atoms with Gasteiger partial charge in [-0.25, -0.2) is 0 Å². The maximum Gasteiger partial charge on any atom is 0.247 e. The molecule has 3 heterocycles. The van der Waals surface area contributed by atoms with Gasteiger partial charge in [-0.3, -0.25) is 4.79 Å². The minimum Gasteiger partial charge on any atom is -0.388 e. The standard InChI is InChI=1S/C44H66N2O9/c1-9-28(2)23-34-24-31(5)17-11-10-14-21-44(8,51)37(20-13-12-16-29(3)18-15-19-30(4)22-32(6)25-46-42(34)50)55-43-38(45)40(48)35(27-53-43)54-36-26-52-33(7)39(47)41(36)49/h10-22,24,28,32-33,35-41,43,47-49,51H,9,23,25-27,45H2,1-8H3,(H,46,50). The number of nitrogens with two attached hydrogens (primary N) is 1. The third-order valence-corrected chi connectivity index (χ3v) is 10.0. The zero-order valence-electron chi connectivity index (χ0n) is 33.9. The number of allylic oxidation sites excluding steroid dienone is 14. The first-order chi connectivity index (χ1) is 26.0. The van der Waals surface area contributed by atoms with E-state index in [1.54, 1.807) is 44.2 Å². The molecule has 7 N–H and O–H groups in total. The second-order valence-corrected chi connectivity index (χ2v) is 15.4. The Hall–Kier alpha value is -3.23. The van der Waals surface area contributed by atoms with E-state index in [0.29, 0.717) is 18.9 Å². The molecule has 3 aliphatic rings. The molecule has 306 valence electrons. The van der Waals surface area contributed by atoms with Crippen LogP contribution in [0.25, 0.3) is 0 Å². The van der Waals surface area contributed by atoms with E-state index in [-0.39, 0.29) is 25.0 Å². The van der Waals surface area contributed by atoms with Gasteiger partial charge in [0.15, 0.2) is 6.29 Å². The van der Waals surface area contributed by atoms with Crippen LogP contribution in [0.15, 0.2) is 107 Å². The summed E-state index contributed by atoms with van der Waals surface area (Å²) in [6.45, 7) is 16.0. The predicted molar refractivity (Wildman–Crippen MR) is 217 cm³/mol. The number of aliphatic hydroxyl groups is 4. The van der Waals surface area contributed by atoms with Gasteiger partial charge in [0.05, 0.1) is 25.4 Å². The zero-order chi connectivity index (χ0) is 40.7. The average Bonchev–Trinajstić information content (AvgIpc) is 3.13. The van der Waals surface area contributed by atoms with E-state index in [1.165, 1.54) is 0 Å². The number of hydrogen-bond acceptors (Lipinski definition) is 10. The molecular weight excluding hydrogens is 700 g/mol. The van der Waals surface area contributed by atoms with Gasteiger partial charge in [-0.05, 0) is 52.9 Å². The Balaban J connectivity index is 1.87. The molecule has 0 aliphatic carbocycles. The van der Waals surface area contributed by atoms with Crippen molar-refractivity contribution in [1.29, 1.82) is 0 Å². The molecule has 3 rings (SSSR count). The number of carbonyl (C=O) groups excluding carboxylic acids is 1. The summed E-state index contributed by atoms with van der Waals surface area (Å²) >= 11 is 0. The monoisotopic (exact) mass is 766 g/mol. The number of carbonyl (C=O) groups is 1. The molecule has 12 unspecified atom stereocenters.